The van der Waals surface area contributed by atoms with E-state index in [4.69, 9.17) is 5.73 Å². The van der Waals surface area contributed by atoms with Crippen molar-refractivity contribution in [3.8, 4) is 11.5 Å². The van der Waals surface area contributed by atoms with Crippen molar-refractivity contribution >= 4 is 0 Å². The highest BCUT2D eigenvalue weighted by Gasteiger charge is 2.08. The Labute approximate surface area is 100 Å². The van der Waals surface area contributed by atoms with Crippen LogP contribution < -0.4 is 5.73 Å². The van der Waals surface area contributed by atoms with Gasteiger partial charge in [0.1, 0.15) is 0 Å². The van der Waals surface area contributed by atoms with Gasteiger partial charge in [0.15, 0.2) is 11.5 Å². The molecule has 0 aromatic heterocycles. The number of hydrogen-bond acceptors (Lipinski definition) is 3. The maximum absolute atomic E-state index is 9.39. The minimum absolute atomic E-state index is 0.109. The molecular weight excluding hydrogens is 214 g/mol. The van der Waals surface area contributed by atoms with Gasteiger partial charge in [0.05, 0.1) is 0 Å². The van der Waals surface area contributed by atoms with Crippen molar-refractivity contribution in [1.29, 1.82) is 0 Å². The van der Waals surface area contributed by atoms with Gasteiger partial charge >= 0.3 is 0 Å². The summed E-state index contributed by atoms with van der Waals surface area (Å²) in [5.41, 5.74) is 8.03. The van der Waals surface area contributed by atoms with Gasteiger partial charge in [-0.15, -0.1) is 0 Å². The molecule has 2 aromatic rings. The van der Waals surface area contributed by atoms with Crippen molar-refractivity contribution < 1.29 is 10.2 Å². The second-order valence-corrected chi connectivity index (χ2v) is 4.04. The molecule has 3 heteroatoms. The van der Waals surface area contributed by atoms with Crippen LogP contribution in [0.1, 0.15) is 17.2 Å². The van der Waals surface area contributed by atoms with Gasteiger partial charge in [0, 0.05) is 6.04 Å². The van der Waals surface area contributed by atoms with Crippen molar-refractivity contribution in [2.24, 2.45) is 5.73 Å². The zero-order chi connectivity index (χ0) is 12.3. The molecule has 3 nitrogen and oxygen atoms in total. The normalized spacial score (nSPS) is 12.3. The first-order chi connectivity index (χ1) is 8.16. The molecule has 0 amide bonds. The van der Waals surface area contributed by atoms with Gasteiger partial charge < -0.3 is 15.9 Å². The minimum Gasteiger partial charge on any atom is -0.504 e. The lowest BCUT2D eigenvalue weighted by atomic mass is 9.99. The highest BCUT2D eigenvalue weighted by Crippen LogP contribution is 2.26. The lowest BCUT2D eigenvalue weighted by molar-refractivity contribution is 0.403. The van der Waals surface area contributed by atoms with Crippen LogP contribution in [0.4, 0.5) is 0 Å². The van der Waals surface area contributed by atoms with Gasteiger partial charge in [-0.2, -0.15) is 0 Å². The summed E-state index contributed by atoms with van der Waals surface area (Å²) >= 11 is 0. The highest BCUT2D eigenvalue weighted by atomic mass is 16.3. The van der Waals surface area contributed by atoms with Gasteiger partial charge in [0.25, 0.3) is 0 Å². The lowest BCUT2D eigenvalue weighted by Crippen LogP contribution is -2.13. The van der Waals surface area contributed by atoms with E-state index in [1.54, 1.807) is 6.07 Å². The molecule has 0 aliphatic rings. The number of benzene rings is 2. The molecule has 0 aliphatic carbocycles. The van der Waals surface area contributed by atoms with Gasteiger partial charge in [-0.1, -0.05) is 36.4 Å². The van der Waals surface area contributed by atoms with E-state index in [2.05, 4.69) is 0 Å². The van der Waals surface area contributed by atoms with Gasteiger partial charge in [-0.05, 0) is 29.7 Å². The molecule has 4 N–H and O–H groups in total. The maximum atomic E-state index is 9.39. The third kappa shape index (κ3) is 2.77. The fraction of sp³-hybridized carbons (Fsp3) is 0.143. The number of nitrogens with two attached hydrogens (primary N) is 1. The number of rotatable bonds is 3. The Morgan fingerprint density at radius 1 is 0.941 bits per heavy atom. The minimum atomic E-state index is -0.111. The standard InChI is InChI=1S/C14H15NO2/c15-12(11-4-2-1-3-5-11)8-10-6-7-13(16)14(17)9-10/h1-7,9,12,16-17H,8,15H2/t12-/m1/s1. The van der Waals surface area contributed by atoms with E-state index in [0.717, 1.165) is 11.1 Å². The van der Waals surface area contributed by atoms with Crippen LogP contribution in [0, 0.1) is 0 Å². The van der Waals surface area contributed by atoms with E-state index in [1.165, 1.54) is 12.1 Å². The number of phenolic OH excluding ortho intramolecular Hbond substituents is 2. The van der Waals surface area contributed by atoms with Gasteiger partial charge in [0.2, 0.25) is 0 Å². The van der Waals surface area contributed by atoms with E-state index >= 15 is 0 Å². The summed E-state index contributed by atoms with van der Waals surface area (Å²) in [6.45, 7) is 0. The first-order valence-corrected chi connectivity index (χ1v) is 5.48. The average Bonchev–Trinajstić information content (AvgIpc) is 2.35. The van der Waals surface area contributed by atoms with Crippen LogP contribution >= 0.6 is 0 Å². The molecular formula is C14H15NO2. The Morgan fingerprint density at radius 3 is 2.29 bits per heavy atom. The molecule has 88 valence electrons. The molecule has 0 spiro atoms. The quantitative estimate of drug-likeness (QED) is 0.708. The predicted octanol–water partition coefficient (Wildman–Crippen LogP) is 2.34. The summed E-state index contributed by atoms with van der Waals surface area (Å²) in [7, 11) is 0. The summed E-state index contributed by atoms with van der Waals surface area (Å²) in [4.78, 5) is 0. The number of aromatic hydroxyl groups is 2. The van der Waals surface area contributed by atoms with E-state index < -0.39 is 0 Å². The first-order valence-electron chi connectivity index (χ1n) is 5.48. The summed E-state index contributed by atoms with van der Waals surface area (Å²) in [5, 5.41) is 18.6. The predicted molar refractivity (Wildman–Crippen MR) is 66.8 cm³/mol. The van der Waals surface area contributed by atoms with Crippen molar-refractivity contribution in [3.63, 3.8) is 0 Å². The molecule has 0 fully saturated rings. The first kappa shape index (κ1) is 11.5. The van der Waals surface area contributed by atoms with E-state index in [-0.39, 0.29) is 17.5 Å². The summed E-state index contributed by atoms with van der Waals surface area (Å²) in [6.07, 6.45) is 0.623. The molecule has 0 saturated heterocycles. The van der Waals surface area contributed by atoms with Crippen LogP contribution in [0.15, 0.2) is 48.5 Å². The van der Waals surface area contributed by atoms with E-state index in [0.29, 0.717) is 6.42 Å². The third-order valence-electron chi connectivity index (χ3n) is 2.72. The zero-order valence-corrected chi connectivity index (χ0v) is 9.38. The second-order valence-electron chi connectivity index (χ2n) is 4.04. The monoisotopic (exact) mass is 229 g/mol. The molecule has 0 radical (unpaired) electrons. The molecule has 0 saturated carbocycles. The fourth-order valence-corrected chi connectivity index (χ4v) is 1.77. The summed E-state index contributed by atoms with van der Waals surface area (Å²) < 4.78 is 0. The fourth-order valence-electron chi connectivity index (χ4n) is 1.77. The van der Waals surface area contributed by atoms with Crippen LogP contribution in [0.25, 0.3) is 0 Å². The Bertz CT molecular complexity index is 497. The topological polar surface area (TPSA) is 66.5 Å². The van der Waals surface area contributed by atoms with Crippen LogP contribution in [0.5, 0.6) is 11.5 Å². The van der Waals surface area contributed by atoms with Crippen molar-refractivity contribution in [3.05, 3.63) is 59.7 Å². The maximum Gasteiger partial charge on any atom is 0.157 e. The van der Waals surface area contributed by atoms with Crippen molar-refractivity contribution in [2.75, 3.05) is 0 Å². The van der Waals surface area contributed by atoms with Gasteiger partial charge in [-0.3, -0.25) is 0 Å². The van der Waals surface area contributed by atoms with Crippen LogP contribution in [-0.2, 0) is 6.42 Å². The van der Waals surface area contributed by atoms with E-state index in [1.807, 2.05) is 30.3 Å². The Kier molecular flexibility index (Phi) is 3.30. The summed E-state index contributed by atoms with van der Waals surface area (Å²) in [6, 6.07) is 14.5. The third-order valence-corrected chi connectivity index (χ3v) is 2.72. The lowest BCUT2D eigenvalue weighted by Gasteiger charge is -2.12. The molecule has 0 aliphatic heterocycles. The molecule has 2 aromatic carbocycles. The van der Waals surface area contributed by atoms with Gasteiger partial charge in [-0.25, -0.2) is 0 Å². The molecule has 2 rings (SSSR count). The molecule has 1 atom stereocenters. The smallest absolute Gasteiger partial charge is 0.157 e. The Morgan fingerprint density at radius 2 is 1.65 bits per heavy atom. The summed E-state index contributed by atoms with van der Waals surface area (Å²) in [5.74, 6) is -0.218. The van der Waals surface area contributed by atoms with Crippen molar-refractivity contribution in [2.45, 2.75) is 12.5 Å². The largest absolute Gasteiger partial charge is 0.504 e. The molecule has 17 heavy (non-hydrogen) atoms. The highest BCUT2D eigenvalue weighted by molar-refractivity contribution is 5.41. The number of phenols is 2. The second kappa shape index (κ2) is 4.89. The van der Waals surface area contributed by atoms with E-state index in [9.17, 15) is 10.2 Å². The molecule has 0 unspecified atom stereocenters. The van der Waals surface area contributed by atoms with Crippen LogP contribution in [0.2, 0.25) is 0 Å². The van der Waals surface area contributed by atoms with Crippen LogP contribution in [-0.4, -0.2) is 10.2 Å². The molecule has 0 bridgehead atoms. The average molecular weight is 229 g/mol. The SMILES string of the molecule is N[C@H](Cc1ccc(O)c(O)c1)c1ccccc1. The Hall–Kier alpha value is -2.00. The number of hydrogen-bond donors (Lipinski definition) is 3. The molecule has 0 heterocycles. The Balaban J connectivity index is 2.13. The van der Waals surface area contributed by atoms with Crippen LogP contribution in [0.3, 0.4) is 0 Å². The zero-order valence-electron chi connectivity index (χ0n) is 9.38. The van der Waals surface area contributed by atoms with Crippen molar-refractivity contribution in [1.82, 2.24) is 0 Å².